The molecule has 0 saturated carbocycles. The lowest BCUT2D eigenvalue weighted by molar-refractivity contribution is 0.0697. The summed E-state index contributed by atoms with van der Waals surface area (Å²) in [4.78, 5) is 38.0. The van der Waals surface area contributed by atoms with E-state index in [-0.39, 0.29) is 16.8 Å². The maximum atomic E-state index is 12.3. The molecule has 2 aromatic carbocycles. The summed E-state index contributed by atoms with van der Waals surface area (Å²) < 4.78 is 5.24. The number of anilines is 2. The van der Waals surface area contributed by atoms with Gasteiger partial charge in [0.1, 0.15) is 11.4 Å². The van der Waals surface area contributed by atoms with Crippen molar-refractivity contribution in [3.05, 3.63) is 65.5 Å². The van der Waals surface area contributed by atoms with Gasteiger partial charge in [0.25, 0.3) is 5.91 Å². The molecular weight excluding hydrogens is 388 g/mol. The third kappa shape index (κ3) is 4.25. The number of nitrogens with two attached hydrogens (primary N) is 1. The van der Waals surface area contributed by atoms with Crippen molar-refractivity contribution in [2.45, 2.75) is 6.92 Å². The summed E-state index contributed by atoms with van der Waals surface area (Å²) in [6, 6.07) is 11.3. The van der Waals surface area contributed by atoms with Gasteiger partial charge in [0, 0.05) is 17.4 Å². The number of aryl methyl sites for hydroxylation is 1. The third-order valence-corrected chi connectivity index (χ3v) is 4.39. The van der Waals surface area contributed by atoms with E-state index < -0.39 is 17.9 Å². The van der Waals surface area contributed by atoms with Crippen molar-refractivity contribution in [1.29, 1.82) is 0 Å². The van der Waals surface area contributed by atoms with Gasteiger partial charge >= 0.3 is 12.0 Å². The minimum atomic E-state index is -1.19. The highest BCUT2D eigenvalue weighted by molar-refractivity contribution is 6.06. The predicted molar refractivity (Wildman–Crippen MR) is 112 cm³/mol. The quantitative estimate of drug-likeness (QED) is 0.424. The number of carboxylic acids is 1. The molecule has 154 valence electrons. The van der Waals surface area contributed by atoms with Gasteiger partial charge in [-0.2, -0.15) is 0 Å². The second kappa shape index (κ2) is 8.39. The number of rotatable bonds is 6. The van der Waals surface area contributed by atoms with Crippen LogP contribution in [0.4, 0.5) is 16.2 Å². The van der Waals surface area contributed by atoms with Gasteiger partial charge in [0.2, 0.25) is 0 Å². The lowest BCUT2D eigenvalue weighted by Crippen LogP contribution is -2.19. The third-order valence-electron chi connectivity index (χ3n) is 4.39. The molecule has 0 aliphatic carbocycles. The summed E-state index contributed by atoms with van der Waals surface area (Å²) in [6.07, 6.45) is 1.21. The summed E-state index contributed by atoms with van der Waals surface area (Å²) in [5.41, 5.74) is 7.86. The molecule has 0 atom stereocenters. The Labute approximate surface area is 171 Å². The molecule has 0 saturated heterocycles. The van der Waals surface area contributed by atoms with Crippen LogP contribution in [0, 0.1) is 6.92 Å². The highest BCUT2D eigenvalue weighted by Gasteiger charge is 2.21. The molecule has 0 spiro atoms. The Morgan fingerprint density at radius 3 is 2.37 bits per heavy atom. The number of primary amides is 1. The Kier molecular flexibility index (Phi) is 5.73. The van der Waals surface area contributed by atoms with Crippen molar-refractivity contribution in [2.24, 2.45) is 5.73 Å². The van der Waals surface area contributed by atoms with Crippen LogP contribution in [0.5, 0.6) is 5.75 Å². The molecule has 9 nitrogen and oxygen atoms in total. The second-order valence-electron chi connectivity index (χ2n) is 6.48. The van der Waals surface area contributed by atoms with Crippen molar-refractivity contribution in [3.8, 4) is 16.9 Å². The van der Waals surface area contributed by atoms with Crippen LogP contribution >= 0.6 is 0 Å². The number of aromatic carboxylic acids is 1. The van der Waals surface area contributed by atoms with E-state index in [4.69, 9.17) is 10.5 Å². The number of urea groups is 1. The van der Waals surface area contributed by atoms with E-state index in [2.05, 4.69) is 15.6 Å². The first-order chi connectivity index (χ1) is 14.3. The molecule has 1 aromatic heterocycles. The second-order valence-corrected chi connectivity index (χ2v) is 6.48. The number of methoxy groups -OCH3 is 1. The number of carbonyl (C=O) groups excluding carboxylic acids is 2. The number of H-pyrrole nitrogens is 1. The van der Waals surface area contributed by atoms with Crippen molar-refractivity contribution in [1.82, 2.24) is 4.98 Å². The first-order valence-electron chi connectivity index (χ1n) is 8.87. The first-order valence-corrected chi connectivity index (χ1v) is 8.87. The number of carboxylic acid groups (broad SMARTS) is 1. The van der Waals surface area contributed by atoms with Crippen LogP contribution in [-0.2, 0) is 0 Å². The number of benzene rings is 2. The van der Waals surface area contributed by atoms with Crippen molar-refractivity contribution in [2.75, 3.05) is 17.7 Å². The van der Waals surface area contributed by atoms with Crippen LogP contribution in [0.15, 0.2) is 48.7 Å². The average Bonchev–Trinajstić information content (AvgIpc) is 3.14. The normalized spacial score (nSPS) is 10.3. The standard InChI is InChI=1S/C21H20N4O5/c1-11-3-8-16(30-2)15(9-11)25-21(29)24-13-6-4-12(5-7-13)17-14(20(27)28)10-23-18(17)19(22)26/h3-10,23H,1-2H3,(H2,22,26)(H,27,28)(H2,24,25,29). The molecule has 9 heteroatoms. The Hall–Kier alpha value is -4.27. The smallest absolute Gasteiger partial charge is 0.337 e. The number of hydrogen-bond donors (Lipinski definition) is 5. The molecule has 3 rings (SSSR count). The molecule has 0 radical (unpaired) electrons. The summed E-state index contributed by atoms with van der Waals surface area (Å²) in [7, 11) is 1.51. The lowest BCUT2D eigenvalue weighted by atomic mass is 10.0. The van der Waals surface area contributed by atoms with Gasteiger partial charge in [-0.15, -0.1) is 0 Å². The van der Waals surface area contributed by atoms with Crippen LogP contribution in [0.2, 0.25) is 0 Å². The monoisotopic (exact) mass is 408 g/mol. The Balaban J connectivity index is 1.80. The zero-order valence-corrected chi connectivity index (χ0v) is 16.3. The summed E-state index contributed by atoms with van der Waals surface area (Å²) in [5.74, 6) is -1.44. The number of amides is 3. The SMILES string of the molecule is COc1ccc(C)cc1NC(=O)Nc1ccc(-c2c(C(=O)O)c[nH]c2C(N)=O)cc1. The van der Waals surface area contributed by atoms with Gasteiger partial charge in [-0.25, -0.2) is 9.59 Å². The Morgan fingerprint density at radius 2 is 1.77 bits per heavy atom. The molecule has 0 unspecified atom stereocenters. The highest BCUT2D eigenvalue weighted by Crippen LogP contribution is 2.29. The molecule has 0 bridgehead atoms. The molecule has 6 N–H and O–H groups in total. The number of hydrogen-bond acceptors (Lipinski definition) is 4. The van der Waals surface area contributed by atoms with E-state index >= 15 is 0 Å². The van der Waals surface area contributed by atoms with E-state index in [1.165, 1.54) is 13.3 Å². The minimum absolute atomic E-state index is 0.00241. The largest absolute Gasteiger partial charge is 0.495 e. The molecule has 3 amide bonds. The molecular formula is C21H20N4O5. The zero-order valence-electron chi connectivity index (χ0n) is 16.3. The van der Waals surface area contributed by atoms with E-state index in [1.54, 1.807) is 36.4 Å². The fourth-order valence-electron chi connectivity index (χ4n) is 3.01. The molecule has 3 aromatic rings. The van der Waals surface area contributed by atoms with Crippen LogP contribution in [-0.4, -0.2) is 35.1 Å². The topological polar surface area (TPSA) is 147 Å². The maximum Gasteiger partial charge on any atom is 0.337 e. The van der Waals surface area contributed by atoms with Gasteiger partial charge in [0.05, 0.1) is 18.4 Å². The highest BCUT2D eigenvalue weighted by atomic mass is 16.5. The van der Waals surface area contributed by atoms with Crippen LogP contribution in [0.3, 0.4) is 0 Å². The summed E-state index contributed by atoms with van der Waals surface area (Å²) in [5, 5.41) is 14.8. The lowest BCUT2D eigenvalue weighted by Gasteiger charge is -2.12. The van der Waals surface area contributed by atoms with Gasteiger partial charge in [-0.1, -0.05) is 18.2 Å². The Bertz CT molecular complexity index is 1090. The number of ether oxygens (including phenoxy) is 1. The van der Waals surface area contributed by atoms with Gasteiger partial charge in [-0.05, 0) is 42.3 Å². The molecule has 0 fully saturated rings. The van der Waals surface area contributed by atoms with Crippen LogP contribution in [0.25, 0.3) is 11.1 Å². The molecule has 0 aliphatic heterocycles. The fourth-order valence-corrected chi connectivity index (χ4v) is 3.01. The summed E-state index contributed by atoms with van der Waals surface area (Å²) >= 11 is 0. The predicted octanol–water partition coefficient (Wildman–Crippen LogP) is 3.44. The number of aromatic amines is 1. The number of aromatic nitrogens is 1. The van der Waals surface area contributed by atoms with Crippen molar-refractivity contribution >= 4 is 29.3 Å². The van der Waals surface area contributed by atoms with E-state index in [0.717, 1.165) is 5.56 Å². The first kappa shape index (κ1) is 20.5. The molecule has 0 aliphatic rings. The van der Waals surface area contributed by atoms with E-state index in [1.807, 2.05) is 13.0 Å². The Morgan fingerprint density at radius 1 is 1.07 bits per heavy atom. The van der Waals surface area contributed by atoms with Gasteiger partial charge in [-0.3, -0.25) is 4.79 Å². The van der Waals surface area contributed by atoms with Gasteiger partial charge < -0.3 is 31.2 Å². The average molecular weight is 408 g/mol. The van der Waals surface area contributed by atoms with Crippen LogP contribution < -0.4 is 21.1 Å². The van der Waals surface area contributed by atoms with Gasteiger partial charge in [0.15, 0.2) is 0 Å². The zero-order chi connectivity index (χ0) is 21.8. The van der Waals surface area contributed by atoms with Crippen molar-refractivity contribution in [3.63, 3.8) is 0 Å². The minimum Gasteiger partial charge on any atom is -0.495 e. The maximum absolute atomic E-state index is 12.3. The number of carbonyl (C=O) groups is 3. The van der Waals surface area contributed by atoms with Crippen molar-refractivity contribution < 1.29 is 24.2 Å². The molecule has 1 heterocycles. The van der Waals surface area contributed by atoms with Crippen LogP contribution in [0.1, 0.15) is 26.4 Å². The fraction of sp³-hybridized carbons (Fsp3) is 0.0952. The molecule has 30 heavy (non-hydrogen) atoms. The number of nitrogens with one attached hydrogen (secondary N) is 3. The van der Waals surface area contributed by atoms with E-state index in [9.17, 15) is 19.5 Å². The van der Waals surface area contributed by atoms with E-state index in [0.29, 0.717) is 22.7 Å². The summed E-state index contributed by atoms with van der Waals surface area (Å²) in [6.45, 7) is 1.90.